The van der Waals surface area contributed by atoms with Gasteiger partial charge in [0.15, 0.2) is 0 Å². The molecule has 0 aliphatic carbocycles. The average molecular weight is 601 g/mol. The monoisotopic (exact) mass is 600 g/mol. The first-order valence-electron chi connectivity index (χ1n) is 16.1. The minimum atomic E-state index is 0.254. The molecular weight excluding hydrogens is 552 g/mol. The molecule has 0 spiro atoms. The molecule has 8 heteroatoms. The van der Waals surface area contributed by atoms with Crippen molar-refractivity contribution >= 4 is 23.6 Å². The number of hydrogen-bond acceptors (Lipinski definition) is 8. The van der Waals surface area contributed by atoms with Crippen LogP contribution >= 0.6 is 0 Å². The highest BCUT2D eigenvalue weighted by atomic mass is 16.5. The van der Waals surface area contributed by atoms with Crippen LogP contribution in [-0.2, 0) is 18.9 Å². The van der Waals surface area contributed by atoms with Crippen molar-refractivity contribution in [1.82, 2.24) is 0 Å². The maximum absolute atomic E-state index is 5.76. The average Bonchev–Trinajstić information content (AvgIpc) is 3.83. The van der Waals surface area contributed by atoms with Crippen LogP contribution in [0.4, 0.5) is 0 Å². The molecule has 2 aromatic carbocycles. The summed E-state index contributed by atoms with van der Waals surface area (Å²) in [6.45, 7) is 20.0. The van der Waals surface area contributed by atoms with Crippen molar-refractivity contribution in [1.29, 1.82) is 0 Å². The molecule has 44 heavy (non-hydrogen) atoms. The predicted molar refractivity (Wildman–Crippen MR) is 177 cm³/mol. The fourth-order valence-electron chi connectivity index (χ4n) is 5.13. The highest BCUT2D eigenvalue weighted by Gasteiger charge is 2.27. The summed E-state index contributed by atoms with van der Waals surface area (Å²) in [4.78, 5) is 18.7. The van der Waals surface area contributed by atoms with Gasteiger partial charge in [-0.15, -0.1) is 0 Å². The van der Waals surface area contributed by atoms with E-state index in [1.165, 1.54) is 0 Å². The molecule has 0 N–H and O–H groups in total. The van der Waals surface area contributed by atoms with Gasteiger partial charge in [0, 0.05) is 22.3 Å². The minimum absolute atomic E-state index is 0.254. The molecular formula is C36H48N4O4. The fourth-order valence-corrected chi connectivity index (χ4v) is 5.13. The summed E-state index contributed by atoms with van der Waals surface area (Å²) in [7, 11) is 0. The van der Waals surface area contributed by atoms with Crippen LogP contribution in [0.25, 0.3) is 0 Å². The SMILES string of the molecule is CC(C)[C@H]1COC(c2cccc(C3=N[C@@H](C(C)C)CO3)c2)=N1.CC(C)[C@H]1COC(c2cccc(C3=N[C@@H](C(C)C)CO3)c2)=N1. The van der Waals surface area contributed by atoms with Crippen LogP contribution in [0.3, 0.4) is 0 Å². The second-order valence-electron chi connectivity index (χ2n) is 13.4. The largest absolute Gasteiger partial charge is 0.475 e. The Morgan fingerprint density at radius 1 is 0.432 bits per heavy atom. The lowest BCUT2D eigenvalue weighted by Crippen LogP contribution is -2.13. The highest BCUT2D eigenvalue weighted by molar-refractivity contribution is 6.01. The van der Waals surface area contributed by atoms with Crippen LogP contribution in [0, 0.1) is 23.7 Å². The van der Waals surface area contributed by atoms with E-state index in [1.807, 2.05) is 36.4 Å². The molecule has 4 atom stereocenters. The Morgan fingerprint density at radius 3 is 0.841 bits per heavy atom. The topological polar surface area (TPSA) is 86.4 Å². The standard InChI is InChI=1S/2C18H24N2O2/c2*1-11(2)15-9-21-17(19-15)13-6-5-7-14(8-13)18-20-16(10-22-18)12(3)4/h2*5-8,11-12,15-16H,9-10H2,1-4H3/t2*15-,16-/m11/s1. The van der Waals surface area contributed by atoms with Crippen molar-refractivity contribution in [3.8, 4) is 0 Å². The summed E-state index contributed by atoms with van der Waals surface area (Å²) < 4.78 is 23.0. The van der Waals surface area contributed by atoms with Crippen molar-refractivity contribution in [2.45, 2.75) is 79.6 Å². The van der Waals surface area contributed by atoms with Crippen molar-refractivity contribution in [3.63, 3.8) is 0 Å². The first-order chi connectivity index (χ1) is 21.1. The lowest BCUT2D eigenvalue weighted by atomic mass is 10.1. The molecule has 0 fully saturated rings. The number of ether oxygens (including phenoxy) is 4. The van der Waals surface area contributed by atoms with Gasteiger partial charge < -0.3 is 18.9 Å². The van der Waals surface area contributed by atoms with Crippen molar-refractivity contribution in [3.05, 3.63) is 70.8 Å². The fraction of sp³-hybridized carbons (Fsp3) is 0.556. The maximum Gasteiger partial charge on any atom is 0.216 e. The van der Waals surface area contributed by atoms with Gasteiger partial charge in [-0.25, -0.2) is 20.0 Å². The summed E-state index contributed by atoms with van der Waals surface area (Å²) >= 11 is 0. The quantitative estimate of drug-likeness (QED) is 0.343. The Morgan fingerprint density at radius 2 is 0.659 bits per heavy atom. The van der Waals surface area contributed by atoms with Crippen LogP contribution in [0.15, 0.2) is 68.5 Å². The number of rotatable bonds is 8. The van der Waals surface area contributed by atoms with E-state index in [4.69, 9.17) is 18.9 Å². The van der Waals surface area contributed by atoms with Crippen LogP contribution in [-0.4, -0.2) is 74.2 Å². The van der Waals surface area contributed by atoms with Crippen LogP contribution in [0.2, 0.25) is 0 Å². The van der Waals surface area contributed by atoms with Crippen molar-refractivity contribution in [2.75, 3.05) is 26.4 Å². The first kappa shape index (κ1) is 31.7. The van der Waals surface area contributed by atoms with E-state index >= 15 is 0 Å². The molecule has 0 saturated heterocycles. The molecule has 0 aromatic heterocycles. The lowest BCUT2D eigenvalue weighted by Gasteiger charge is -2.06. The van der Waals surface area contributed by atoms with Gasteiger partial charge in [0.2, 0.25) is 23.6 Å². The Labute approximate surface area is 262 Å². The van der Waals surface area contributed by atoms with E-state index in [2.05, 4.69) is 87.5 Å². The molecule has 4 aliphatic rings. The van der Waals surface area contributed by atoms with E-state index in [0.717, 1.165) is 45.8 Å². The Hall–Kier alpha value is -3.68. The molecule has 0 bridgehead atoms. The maximum atomic E-state index is 5.76. The molecule has 6 rings (SSSR count). The summed E-state index contributed by atoms with van der Waals surface area (Å²) in [5.41, 5.74) is 4.00. The summed E-state index contributed by atoms with van der Waals surface area (Å²) in [5.74, 6) is 4.92. The summed E-state index contributed by atoms with van der Waals surface area (Å²) in [6.07, 6.45) is 0. The molecule has 0 unspecified atom stereocenters. The van der Waals surface area contributed by atoms with E-state index in [9.17, 15) is 0 Å². The van der Waals surface area contributed by atoms with Gasteiger partial charge in [-0.3, -0.25) is 0 Å². The molecule has 4 heterocycles. The van der Waals surface area contributed by atoms with Crippen LogP contribution < -0.4 is 0 Å². The third-order valence-corrected chi connectivity index (χ3v) is 8.49. The van der Waals surface area contributed by atoms with Gasteiger partial charge >= 0.3 is 0 Å². The lowest BCUT2D eigenvalue weighted by molar-refractivity contribution is 0.291. The zero-order valence-corrected chi connectivity index (χ0v) is 27.5. The van der Waals surface area contributed by atoms with Crippen LogP contribution in [0.1, 0.15) is 77.6 Å². The summed E-state index contributed by atoms with van der Waals surface area (Å²) in [5, 5.41) is 0. The molecule has 236 valence electrons. The van der Waals surface area contributed by atoms with E-state index < -0.39 is 0 Å². The zero-order chi connectivity index (χ0) is 31.4. The number of hydrogen-bond donors (Lipinski definition) is 0. The van der Waals surface area contributed by atoms with Gasteiger partial charge in [0.25, 0.3) is 0 Å². The number of aliphatic imine (C=N–C) groups is 4. The summed E-state index contributed by atoms with van der Waals surface area (Å²) in [6, 6.07) is 17.3. The second kappa shape index (κ2) is 14.0. The normalized spacial score (nSPS) is 24.3. The molecule has 8 nitrogen and oxygen atoms in total. The molecule has 0 radical (unpaired) electrons. The Balaban J connectivity index is 0.000000175. The van der Waals surface area contributed by atoms with E-state index in [1.54, 1.807) is 0 Å². The second-order valence-corrected chi connectivity index (χ2v) is 13.4. The smallest absolute Gasteiger partial charge is 0.216 e. The zero-order valence-electron chi connectivity index (χ0n) is 27.5. The third kappa shape index (κ3) is 7.51. The molecule has 0 amide bonds. The Bertz CT molecular complexity index is 1220. The number of nitrogens with zero attached hydrogens (tertiary/aromatic N) is 4. The van der Waals surface area contributed by atoms with Gasteiger partial charge in [0.05, 0.1) is 24.2 Å². The van der Waals surface area contributed by atoms with Gasteiger partial charge in [-0.1, -0.05) is 67.5 Å². The van der Waals surface area contributed by atoms with Crippen LogP contribution in [0.5, 0.6) is 0 Å². The van der Waals surface area contributed by atoms with E-state index in [-0.39, 0.29) is 24.2 Å². The molecule has 0 saturated carbocycles. The molecule has 4 aliphatic heterocycles. The van der Waals surface area contributed by atoms with Gasteiger partial charge in [-0.2, -0.15) is 0 Å². The van der Waals surface area contributed by atoms with Crippen molar-refractivity contribution < 1.29 is 18.9 Å². The highest BCUT2D eigenvalue weighted by Crippen LogP contribution is 2.23. The molecule has 2 aromatic rings. The van der Waals surface area contributed by atoms with Gasteiger partial charge in [0.1, 0.15) is 26.4 Å². The van der Waals surface area contributed by atoms with Crippen molar-refractivity contribution in [2.24, 2.45) is 43.6 Å². The first-order valence-corrected chi connectivity index (χ1v) is 16.1. The van der Waals surface area contributed by atoms with E-state index in [0.29, 0.717) is 50.1 Å². The third-order valence-electron chi connectivity index (χ3n) is 8.49. The predicted octanol–water partition coefficient (Wildman–Crippen LogP) is 6.58. The number of benzene rings is 2. The Kier molecular flexibility index (Phi) is 10.1. The van der Waals surface area contributed by atoms with Gasteiger partial charge in [-0.05, 0) is 60.1 Å². The minimum Gasteiger partial charge on any atom is -0.475 e.